The molecule has 0 bridgehead atoms. The summed E-state index contributed by atoms with van der Waals surface area (Å²) in [6.07, 6.45) is 5.77. The van der Waals surface area contributed by atoms with Gasteiger partial charge in [-0.15, -0.1) is 0 Å². The first-order valence-corrected chi connectivity index (χ1v) is 4.01. The Bertz CT molecular complexity index is 242. The van der Waals surface area contributed by atoms with E-state index in [0.29, 0.717) is 0 Å². The molecule has 1 aliphatic heterocycles. The van der Waals surface area contributed by atoms with Gasteiger partial charge in [0.15, 0.2) is 0 Å². The minimum atomic E-state index is -0.182. The van der Waals surface area contributed by atoms with Crippen molar-refractivity contribution in [1.82, 2.24) is 0 Å². The van der Waals surface area contributed by atoms with E-state index in [-0.39, 0.29) is 11.9 Å². The lowest BCUT2D eigenvalue weighted by atomic mass is 9.93. The van der Waals surface area contributed by atoms with E-state index in [9.17, 15) is 4.79 Å². The van der Waals surface area contributed by atoms with Crippen molar-refractivity contribution in [3.8, 4) is 0 Å². The van der Waals surface area contributed by atoms with Crippen molar-refractivity contribution in [2.45, 2.75) is 31.7 Å². The van der Waals surface area contributed by atoms with Crippen LogP contribution in [0, 0.1) is 0 Å². The first-order valence-electron chi connectivity index (χ1n) is 4.01. The highest BCUT2D eigenvalue weighted by molar-refractivity contribution is 6.31. The monoisotopic (exact) mass is 150 g/mol. The van der Waals surface area contributed by atoms with Gasteiger partial charge in [0.25, 0.3) is 5.91 Å². The van der Waals surface area contributed by atoms with Crippen LogP contribution in [0.2, 0.25) is 0 Å². The summed E-state index contributed by atoms with van der Waals surface area (Å²) in [5, 5.41) is 0. The SMILES string of the molecule is O=C1C=NC2CCCCC2=N1. The summed E-state index contributed by atoms with van der Waals surface area (Å²) in [6, 6.07) is 0.237. The summed E-state index contributed by atoms with van der Waals surface area (Å²) in [5.74, 6) is -0.182. The van der Waals surface area contributed by atoms with E-state index >= 15 is 0 Å². The van der Waals surface area contributed by atoms with E-state index in [1.54, 1.807) is 0 Å². The molecule has 1 fully saturated rings. The fourth-order valence-corrected chi connectivity index (χ4v) is 1.59. The minimum Gasteiger partial charge on any atom is -0.278 e. The highest BCUT2D eigenvalue weighted by atomic mass is 16.1. The van der Waals surface area contributed by atoms with Crippen molar-refractivity contribution in [1.29, 1.82) is 0 Å². The molecule has 0 aromatic rings. The normalized spacial score (nSPS) is 29.6. The number of fused-ring (bicyclic) bond motifs is 1. The highest BCUT2D eigenvalue weighted by Gasteiger charge is 2.22. The number of nitrogens with zero attached hydrogens (tertiary/aromatic N) is 2. The standard InChI is InChI=1S/C8H10N2O/c11-8-5-9-6-3-1-2-4-7(6)10-8/h5-6H,1-4H2. The van der Waals surface area contributed by atoms with Gasteiger partial charge in [-0.25, -0.2) is 4.99 Å². The van der Waals surface area contributed by atoms with Crippen LogP contribution in [0.3, 0.4) is 0 Å². The molecular formula is C8H10N2O. The Hall–Kier alpha value is -0.990. The lowest BCUT2D eigenvalue weighted by Gasteiger charge is -2.21. The quantitative estimate of drug-likeness (QED) is 0.507. The first-order chi connectivity index (χ1) is 5.36. The summed E-state index contributed by atoms with van der Waals surface area (Å²) in [4.78, 5) is 18.8. The largest absolute Gasteiger partial charge is 0.287 e. The van der Waals surface area contributed by atoms with Crippen molar-refractivity contribution in [2.75, 3.05) is 0 Å². The predicted molar refractivity (Wildman–Crippen MR) is 43.2 cm³/mol. The zero-order valence-electron chi connectivity index (χ0n) is 6.29. The zero-order valence-corrected chi connectivity index (χ0v) is 6.29. The summed E-state index contributed by atoms with van der Waals surface area (Å²) in [6.45, 7) is 0. The van der Waals surface area contributed by atoms with Gasteiger partial charge >= 0.3 is 0 Å². The average molecular weight is 150 g/mol. The van der Waals surface area contributed by atoms with Crippen molar-refractivity contribution >= 4 is 17.8 Å². The van der Waals surface area contributed by atoms with Gasteiger partial charge in [-0.1, -0.05) is 6.42 Å². The van der Waals surface area contributed by atoms with Crippen LogP contribution in [0.15, 0.2) is 9.98 Å². The molecule has 1 amide bonds. The van der Waals surface area contributed by atoms with Crippen molar-refractivity contribution in [3.63, 3.8) is 0 Å². The maximum atomic E-state index is 10.8. The Labute approximate surface area is 65.2 Å². The number of carbonyl (C=O) groups excluding carboxylic acids is 1. The van der Waals surface area contributed by atoms with Gasteiger partial charge in [0.2, 0.25) is 0 Å². The Morgan fingerprint density at radius 1 is 1.45 bits per heavy atom. The second-order valence-corrected chi connectivity index (χ2v) is 2.98. The summed E-state index contributed by atoms with van der Waals surface area (Å²) < 4.78 is 0. The zero-order chi connectivity index (χ0) is 7.68. The smallest absolute Gasteiger partial charge is 0.278 e. The molecule has 1 unspecified atom stereocenters. The lowest BCUT2D eigenvalue weighted by Crippen LogP contribution is -2.28. The van der Waals surface area contributed by atoms with Crippen LogP contribution in [0.25, 0.3) is 0 Å². The molecule has 58 valence electrons. The number of carbonyl (C=O) groups is 1. The first kappa shape index (κ1) is 6.70. The van der Waals surface area contributed by atoms with E-state index in [1.165, 1.54) is 12.6 Å². The maximum absolute atomic E-state index is 10.8. The third-order valence-electron chi connectivity index (χ3n) is 2.16. The topological polar surface area (TPSA) is 41.8 Å². The van der Waals surface area contributed by atoms with Crippen LogP contribution in [-0.2, 0) is 4.79 Å². The summed E-state index contributed by atoms with van der Waals surface area (Å²) in [7, 11) is 0. The van der Waals surface area contributed by atoms with Gasteiger partial charge in [0.05, 0.1) is 12.3 Å². The molecule has 3 heteroatoms. The lowest BCUT2D eigenvalue weighted by molar-refractivity contribution is -0.111. The second-order valence-electron chi connectivity index (χ2n) is 2.98. The van der Waals surface area contributed by atoms with Gasteiger partial charge < -0.3 is 0 Å². The van der Waals surface area contributed by atoms with E-state index in [0.717, 1.165) is 25.0 Å². The summed E-state index contributed by atoms with van der Waals surface area (Å²) in [5.41, 5.74) is 1.00. The van der Waals surface area contributed by atoms with Gasteiger partial charge in [-0.05, 0) is 19.3 Å². The molecule has 0 spiro atoms. The minimum absolute atomic E-state index is 0.182. The third-order valence-corrected chi connectivity index (χ3v) is 2.16. The molecule has 2 aliphatic rings. The van der Waals surface area contributed by atoms with Crippen LogP contribution < -0.4 is 0 Å². The van der Waals surface area contributed by atoms with Crippen LogP contribution in [0.5, 0.6) is 0 Å². The Morgan fingerprint density at radius 2 is 2.36 bits per heavy atom. The van der Waals surface area contributed by atoms with Crippen molar-refractivity contribution in [2.24, 2.45) is 9.98 Å². The van der Waals surface area contributed by atoms with E-state index < -0.39 is 0 Å². The molecule has 0 aromatic heterocycles. The molecule has 0 N–H and O–H groups in total. The van der Waals surface area contributed by atoms with Crippen molar-refractivity contribution < 1.29 is 4.79 Å². The number of hydrogen-bond acceptors (Lipinski definition) is 2. The molecule has 1 heterocycles. The van der Waals surface area contributed by atoms with E-state index in [1.807, 2.05) is 0 Å². The third kappa shape index (κ3) is 1.23. The molecule has 0 saturated heterocycles. The molecule has 3 nitrogen and oxygen atoms in total. The molecule has 2 rings (SSSR count). The van der Waals surface area contributed by atoms with Gasteiger partial charge in [0, 0.05) is 5.71 Å². The molecular weight excluding hydrogens is 140 g/mol. The van der Waals surface area contributed by atoms with Crippen LogP contribution >= 0.6 is 0 Å². The molecule has 0 radical (unpaired) electrons. The Morgan fingerprint density at radius 3 is 3.27 bits per heavy atom. The van der Waals surface area contributed by atoms with Gasteiger partial charge in [0.1, 0.15) is 0 Å². The van der Waals surface area contributed by atoms with E-state index in [4.69, 9.17) is 0 Å². The number of rotatable bonds is 0. The Kier molecular flexibility index (Phi) is 1.56. The van der Waals surface area contributed by atoms with Gasteiger partial charge in [-0.3, -0.25) is 9.79 Å². The molecule has 1 saturated carbocycles. The molecule has 1 aliphatic carbocycles. The van der Waals surface area contributed by atoms with E-state index in [2.05, 4.69) is 9.98 Å². The molecule has 0 aromatic carbocycles. The number of amides is 1. The van der Waals surface area contributed by atoms with Crippen LogP contribution in [0.4, 0.5) is 0 Å². The molecule has 11 heavy (non-hydrogen) atoms. The number of hydrogen-bond donors (Lipinski definition) is 0. The van der Waals surface area contributed by atoms with Crippen LogP contribution in [0.1, 0.15) is 25.7 Å². The van der Waals surface area contributed by atoms with Crippen molar-refractivity contribution in [3.05, 3.63) is 0 Å². The predicted octanol–water partition coefficient (Wildman–Crippen LogP) is 0.981. The fraction of sp³-hybridized carbons (Fsp3) is 0.625. The second kappa shape index (κ2) is 2.57. The number of aliphatic imine (C=N–C) groups is 2. The average Bonchev–Trinajstić information content (AvgIpc) is 2.04. The molecule has 1 atom stereocenters. The van der Waals surface area contributed by atoms with Gasteiger partial charge in [-0.2, -0.15) is 0 Å². The fourth-order valence-electron chi connectivity index (χ4n) is 1.59. The summed E-state index contributed by atoms with van der Waals surface area (Å²) >= 11 is 0. The highest BCUT2D eigenvalue weighted by Crippen LogP contribution is 2.20. The maximum Gasteiger partial charge on any atom is 0.287 e. The Balaban J connectivity index is 2.21. The van der Waals surface area contributed by atoms with Crippen LogP contribution in [-0.4, -0.2) is 23.9 Å².